The van der Waals surface area contributed by atoms with Crippen LogP contribution in [-0.4, -0.2) is 24.5 Å². The first-order chi connectivity index (χ1) is 17.3. The van der Waals surface area contributed by atoms with Crippen molar-refractivity contribution in [1.29, 1.82) is 0 Å². The lowest BCUT2D eigenvalue weighted by Gasteiger charge is -2.13. The quantitative estimate of drug-likeness (QED) is 0.163. The third-order valence-electron chi connectivity index (χ3n) is 4.73. The number of pyridine rings is 1. The lowest BCUT2D eigenvalue weighted by molar-refractivity contribution is -0.385. The van der Waals surface area contributed by atoms with E-state index in [0.29, 0.717) is 17.1 Å². The molecule has 1 heterocycles. The lowest BCUT2D eigenvalue weighted by atomic mass is 10.2. The number of benzene rings is 3. The lowest BCUT2D eigenvalue weighted by Crippen LogP contribution is -2.15. The first-order valence-corrected chi connectivity index (χ1v) is 12.2. The van der Waals surface area contributed by atoms with Crippen molar-refractivity contribution in [3.63, 3.8) is 0 Å². The van der Waals surface area contributed by atoms with Gasteiger partial charge < -0.3 is 4.74 Å². The number of hydrogen-bond donors (Lipinski definition) is 2. The zero-order valence-corrected chi connectivity index (χ0v) is 20.0. The van der Waals surface area contributed by atoms with Gasteiger partial charge in [-0.2, -0.15) is 5.10 Å². The predicted octanol–water partition coefficient (Wildman–Crippen LogP) is 5.68. The number of anilines is 2. The standard InChI is InChI=1S/C24H18ClN5O5S/c25-21-5-1-2-6-22(21)29-36(33,34)24-14-18(30(31)32)9-12-23(24)28-27-15-17-7-10-19(11-8-17)35-20-4-3-13-26-16-20/h1-16,28-29H/b27-15+. The molecule has 0 atom stereocenters. The van der Waals surface area contributed by atoms with Crippen LogP contribution in [0.15, 0.2) is 101 Å². The summed E-state index contributed by atoms with van der Waals surface area (Å²) >= 11 is 6.06. The van der Waals surface area contributed by atoms with Crippen LogP contribution in [0.5, 0.6) is 11.5 Å². The fourth-order valence-electron chi connectivity index (χ4n) is 3.02. The molecule has 0 amide bonds. The molecule has 0 spiro atoms. The summed E-state index contributed by atoms with van der Waals surface area (Å²) in [6.45, 7) is 0. The van der Waals surface area contributed by atoms with E-state index in [0.717, 1.165) is 6.07 Å². The van der Waals surface area contributed by atoms with Crippen molar-refractivity contribution in [2.24, 2.45) is 5.10 Å². The highest BCUT2D eigenvalue weighted by Gasteiger charge is 2.23. The van der Waals surface area contributed by atoms with Crippen LogP contribution >= 0.6 is 11.6 Å². The van der Waals surface area contributed by atoms with Gasteiger partial charge in [-0.3, -0.25) is 25.2 Å². The topological polar surface area (TPSA) is 136 Å². The van der Waals surface area contributed by atoms with E-state index in [-0.39, 0.29) is 21.3 Å². The predicted molar refractivity (Wildman–Crippen MR) is 137 cm³/mol. The van der Waals surface area contributed by atoms with Crippen LogP contribution in [0.3, 0.4) is 0 Å². The van der Waals surface area contributed by atoms with Crippen LogP contribution in [0.25, 0.3) is 0 Å². The van der Waals surface area contributed by atoms with E-state index in [4.69, 9.17) is 16.3 Å². The van der Waals surface area contributed by atoms with Crippen molar-refractivity contribution in [2.45, 2.75) is 4.90 Å². The van der Waals surface area contributed by atoms with Crippen molar-refractivity contribution in [2.75, 3.05) is 10.1 Å². The van der Waals surface area contributed by atoms with Crippen molar-refractivity contribution in [3.05, 3.63) is 112 Å². The van der Waals surface area contributed by atoms with Gasteiger partial charge in [0.05, 0.1) is 33.7 Å². The summed E-state index contributed by atoms with van der Waals surface area (Å²) in [6.07, 6.45) is 4.71. The molecule has 0 saturated heterocycles. The summed E-state index contributed by atoms with van der Waals surface area (Å²) in [5.74, 6) is 1.19. The maximum Gasteiger partial charge on any atom is 0.270 e. The van der Waals surface area contributed by atoms with E-state index >= 15 is 0 Å². The first kappa shape index (κ1) is 24.6. The average molecular weight is 524 g/mol. The number of rotatable bonds is 9. The number of non-ortho nitro benzene ring substituents is 1. The second-order valence-electron chi connectivity index (χ2n) is 7.25. The largest absolute Gasteiger partial charge is 0.456 e. The van der Waals surface area contributed by atoms with E-state index < -0.39 is 20.6 Å². The number of nitrogens with zero attached hydrogens (tertiary/aromatic N) is 3. The number of halogens is 1. The van der Waals surface area contributed by atoms with Gasteiger partial charge in [0.2, 0.25) is 0 Å². The number of sulfonamides is 1. The van der Waals surface area contributed by atoms with Gasteiger partial charge in [-0.15, -0.1) is 0 Å². The van der Waals surface area contributed by atoms with Gasteiger partial charge in [-0.1, -0.05) is 23.7 Å². The minimum absolute atomic E-state index is 0.0351. The van der Waals surface area contributed by atoms with E-state index in [1.165, 1.54) is 30.5 Å². The number of hydrazone groups is 1. The van der Waals surface area contributed by atoms with Crippen molar-refractivity contribution < 1.29 is 18.1 Å². The van der Waals surface area contributed by atoms with Crippen LogP contribution in [0.1, 0.15) is 5.56 Å². The number of aromatic nitrogens is 1. The smallest absolute Gasteiger partial charge is 0.270 e. The summed E-state index contributed by atoms with van der Waals surface area (Å²) in [5, 5.41) is 15.5. The molecule has 10 nitrogen and oxygen atoms in total. The Morgan fingerprint density at radius 1 is 0.972 bits per heavy atom. The van der Waals surface area contributed by atoms with Crippen LogP contribution < -0.4 is 14.9 Å². The number of nitrogens with one attached hydrogen (secondary N) is 2. The van der Waals surface area contributed by atoms with Crippen molar-refractivity contribution >= 4 is 44.9 Å². The third kappa shape index (κ3) is 6.14. The Kier molecular flexibility index (Phi) is 7.42. The molecule has 0 fully saturated rings. The van der Waals surface area contributed by atoms with Crippen LogP contribution in [0.4, 0.5) is 17.1 Å². The van der Waals surface area contributed by atoms with Crippen LogP contribution in [0, 0.1) is 10.1 Å². The summed E-state index contributed by atoms with van der Waals surface area (Å²) in [6, 6.07) is 20.2. The molecular weight excluding hydrogens is 506 g/mol. The number of nitro benzene ring substituents is 1. The molecule has 4 aromatic rings. The maximum atomic E-state index is 13.1. The molecule has 0 aliphatic heterocycles. The molecule has 182 valence electrons. The molecule has 0 radical (unpaired) electrons. The minimum atomic E-state index is -4.25. The zero-order valence-electron chi connectivity index (χ0n) is 18.4. The third-order valence-corrected chi connectivity index (χ3v) is 6.47. The molecular formula is C24H18ClN5O5S. The highest BCUT2D eigenvalue weighted by atomic mass is 35.5. The number of ether oxygens (including phenoxy) is 1. The van der Waals surface area contributed by atoms with E-state index in [1.54, 1.807) is 60.9 Å². The molecule has 0 aliphatic rings. The van der Waals surface area contributed by atoms with E-state index in [2.05, 4.69) is 20.2 Å². The second-order valence-corrected chi connectivity index (χ2v) is 9.31. The molecule has 0 saturated carbocycles. The normalized spacial score (nSPS) is 11.2. The SMILES string of the molecule is O=[N+]([O-])c1ccc(N/N=C/c2ccc(Oc3cccnc3)cc2)c(S(=O)(=O)Nc2ccccc2Cl)c1. The highest BCUT2D eigenvalue weighted by Crippen LogP contribution is 2.30. The van der Waals surface area contributed by atoms with E-state index in [9.17, 15) is 18.5 Å². The van der Waals surface area contributed by atoms with Gasteiger partial charge in [0.15, 0.2) is 0 Å². The molecule has 12 heteroatoms. The molecule has 4 rings (SSSR count). The summed E-state index contributed by atoms with van der Waals surface area (Å²) in [7, 11) is -4.25. The Hall–Kier alpha value is -4.48. The van der Waals surface area contributed by atoms with Crippen molar-refractivity contribution in [1.82, 2.24) is 4.98 Å². The van der Waals surface area contributed by atoms with Gasteiger partial charge in [0.1, 0.15) is 16.4 Å². The highest BCUT2D eigenvalue weighted by molar-refractivity contribution is 7.93. The van der Waals surface area contributed by atoms with Gasteiger partial charge >= 0.3 is 0 Å². The Morgan fingerprint density at radius 3 is 2.44 bits per heavy atom. The first-order valence-electron chi connectivity index (χ1n) is 10.3. The maximum absolute atomic E-state index is 13.1. The van der Waals surface area contributed by atoms with Crippen LogP contribution in [0.2, 0.25) is 5.02 Å². The number of hydrogen-bond acceptors (Lipinski definition) is 8. The Labute approximate surface area is 211 Å². The summed E-state index contributed by atoms with van der Waals surface area (Å²) in [5.41, 5.74) is 3.11. The van der Waals surface area contributed by atoms with Gasteiger partial charge in [0, 0.05) is 18.3 Å². The monoisotopic (exact) mass is 523 g/mol. The average Bonchev–Trinajstić information content (AvgIpc) is 2.87. The Bertz CT molecular complexity index is 1510. The zero-order chi connectivity index (χ0) is 25.5. The molecule has 36 heavy (non-hydrogen) atoms. The molecule has 0 aliphatic carbocycles. The molecule has 0 bridgehead atoms. The minimum Gasteiger partial charge on any atom is -0.456 e. The van der Waals surface area contributed by atoms with E-state index in [1.807, 2.05) is 0 Å². The fourth-order valence-corrected chi connectivity index (χ4v) is 4.52. The van der Waals surface area contributed by atoms with Gasteiger partial charge in [-0.25, -0.2) is 8.42 Å². The Morgan fingerprint density at radius 2 is 1.75 bits per heavy atom. The second kappa shape index (κ2) is 10.8. The Balaban J connectivity index is 1.53. The number of nitro groups is 1. The molecule has 0 unspecified atom stereocenters. The van der Waals surface area contributed by atoms with Gasteiger partial charge in [0.25, 0.3) is 15.7 Å². The molecule has 1 aromatic heterocycles. The number of para-hydroxylation sites is 1. The molecule has 3 aromatic carbocycles. The summed E-state index contributed by atoms with van der Waals surface area (Å²) in [4.78, 5) is 14.2. The summed E-state index contributed by atoms with van der Waals surface area (Å²) < 4.78 is 34.2. The fraction of sp³-hybridized carbons (Fsp3) is 0. The van der Waals surface area contributed by atoms with Gasteiger partial charge in [-0.05, 0) is 60.2 Å². The molecule has 2 N–H and O–H groups in total. The van der Waals surface area contributed by atoms with Crippen LogP contribution in [-0.2, 0) is 10.0 Å². The van der Waals surface area contributed by atoms with Crippen molar-refractivity contribution in [3.8, 4) is 11.5 Å².